The molecule has 0 aliphatic carbocycles. The van der Waals surface area contributed by atoms with Crippen LogP contribution in [0.1, 0.15) is 31.2 Å². The summed E-state index contributed by atoms with van der Waals surface area (Å²) in [7, 11) is 0. The van der Waals surface area contributed by atoms with Crippen molar-refractivity contribution in [3.8, 4) is 0 Å². The molecule has 2 aliphatic rings. The molecule has 132 valence electrons. The van der Waals surface area contributed by atoms with Gasteiger partial charge in [-0.2, -0.15) is 0 Å². The van der Waals surface area contributed by atoms with E-state index in [2.05, 4.69) is 10.2 Å². The lowest BCUT2D eigenvalue weighted by atomic mass is 9.95. The summed E-state index contributed by atoms with van der Waals surface area (Å²) in [4.78, 5) is 14.4. The number of nitrogens with zero attached hydrogens (tertiary/aromatic N) is 1. The summed E-state index contributed by atoms with van der Waals surface area (Å²) in [6, 6.07) is 4.77. The molecule has 4 nitrogen and oxygen atoms in total. The molecular weight excluding hydrogens is 331 g/mol. The van der Waals surface area contributed by atoms with Gasteiger partial charge in [-0.3, -0.25) is 9.69 Å². The molecule has 6 heteroatoms. The normalized spacial score (nSPS) is 22.7. The van der Waals surface area contributed by atoms with Crippen LogP contribution < -0.4 is 5.32 Å². The van der Waals surface area contributed by atoms with Crippen LogP contribution >= 0.6 is 11.6 Å². The second-order valence-electron chi connectivity index (χ2n) is 6.63. The second-order valence-corrected chi connectivity index (χ2v) is 7.04. The van der Waals surface area contributed by atoms with Crippen LogP contribution in [0.2, 0.25) is 5.02 Å². The van der Waals surface area contributed by atoms with Crippen molar-refractivity contribution in [2.75, 3.05) is 26.2 Å². The average Bonchev–Trinajstić information content (AvgIpc) is 3.10. The van der Waals surface area contributed by atoms with Crippen LogP contribution in [0.5, 0.6) is 0 Å². The largest absolute Gasteiger partial charge is 0.376 e. The van der Waals surface area contributed by atoms with Crippen molar-refractivity contribution in [2.24, 2.45) is 5.92 Å². The van der Waals surface area contributed by atoms with Crippen LogP contribution in [0.15, 0.2) is 18.2 Å². The number of carbonyl (C=O) groups is 1. The molecule has 2 saturated heterocycles. The van der Waals surface area contributed by atoms with Crippen molar-refractivity contribution in [3.05, 3.63) is 34.6 Å². The van der Waals surface area contributed by atoms with E-state index >= 15 is 0 Å². The van der Waals surface area contributed by atoms with E-state index in [1.807, 2.05) is 0 Å². The minimum Gasteiger partial charge on any atom is -0.376 e. The van der Waals surface area contributed by atoms with Crippen LogP contribution in [0.25, 0.3) is 0 Å². The van der Waals surface area contributed by atoms with E-state index in [-0.39, 0.29) is 23.7 Å². The zero-order valence-electron chi connectivity index (χ0n) is 13.8. The summed E-state index contributed by atoms with van der Waals surface area (Å²) in [6.07, 6.45) is 3.88. The number of nitrogens with one attached hydrogen (secondary N) is 1. The van der Waals surface area contributed by atoms with E-state index in [0.717, 1.165) is 45.4 Å². The number of carbonyl (C=O) groups excluding carboxylic acids is 1. The lowest BCUT2D eigenvalue weighted by Gasteiger charge is -2.31. The summed E-state index contributed by atoms with van der Waals surface area (Å²) in [5.41, 5.74) is 0.542. The molecule has 2 fully saturated rings. The minimum absolute atomic E-state index is 0.0405. The highest BCUT2D eigenvalue weighted by Crippen LogP contribution is 2.24. The van der Waals surface area contributed by atoms with Crippen LogP contribution in [0.4, 0.5) is 4.39 Å². The molecule has 2 heterocycles. The molecule has 0 spiro atoms. The van der Waals surface area contributed by atoms with E-state index in [0.29, 0.717) is 23.7 Å². The van der Waals surface area contributed by atoms with Gasteiger partial charge in [0, 0.05) is 36.2 Å². The fourth-order valence-corrected chi connectivity index (χ4v) is 3.65. The van der Waals surface area contributed by atoms with Gasteiger partial charge in [-0.25, -0.2) is 4.39 Å². The average molecular weight is 355 g/mol. The Hall–Kier alpha value is -1.17. The predicted molar refractivity (Wildman–Crippen MR) is 91.4 cm³/mol. The number of halogens is 2. The Labute approximate surface area is 147 Å². The molecule has 0 bridgehead atoms. The molecule has 0 saturated carbocycles. The zero-order chi connectivity index (χ0) is 16.9. The maximum atomic E-state index is 13.9. The number of likely N-dealkylation sites (tertiary alicyclic amines) is 1. The van der Waals surface area contributed by atoms with Gasteiger partial charge in [0.2, 0.25) is 5.91 Å². The Bertz CT molecular complexity index is 550. The van der Waals surface area contributed by atoms with Gasteiger partial charge in [-0.1, -0.05) is 17.7 Å². The first kappa shape index (κ1) is 17.6. The van der Waals surface area contributed by atoms with Crippen LogP contribution in [0, 0.1) is 11.7 Å². The number of piperidine rings is 1. The fraction of sp³-hybridized carbons (Fsp3) is 0.611. The number of rotatable bonds is 5. The number of ether oxygens (including phenoxy) is 1. The highest BCUT2D eigenvalue weighted by molar-refractivity contribution is 6.31. The number of amides is 1. The minimum atomic E-state index is -0.265. The van der Waals surface area contributed by atoms with Gasteiger partial charge in [0.1, 0.15) is 5.82 Å². The molecule has 0 unspecified atom stereocenters. The third-order valence-electron chi connectivity index (χ3n) is 4.93. The monoisotopic (exact) mass is 354 g/mol. The van der Waals surface area contributed by atoms with Crippen molar-refractivity contribution >= 4 is 17.5 Å². The molecular formula is C18H24ClFN2O2. The van der Waals surface area contributed by atoms with Gasteiger partial charge in [0.15, 0.2) is 0 Å². The maximum absolute atomic E-state index is 13.9. The van der Waals surface area contributed by atoms with Crippen molar-refractivity contribution in [1.82, 2.24) is 10.2 Å². The maximum Gasteiger partial charge on any atom is 0.223 e. The smallest absolute Gasteiger partial charge is 0.223 e. The number of hydrogen-bond donors (Lipinski definition) is 1. The Balaban J connectivity index is 1.44. The van der Waals surface area contributed by atoms with E-state index in [1.165, 1.54) is 6.07 Å². The van der Waals surface area contributed by atoms with Crippen molar-refractivity contribution < 1.29 is 13.9 Å². The Morgan fingerprint density at radius 2 is 2.12 bits per heavy atom. The summed E-state index contributed by atoms with van der Waals surface area (Å²) >= 11 is 6.09. The third kappa shape index (κ3) is 4.47. The Kier molecular flexibility index (Phi) is 6.09. The van der Waals surface area contributed by atoms with Crippen LogP contribution in [-0.2, 0) is 16.1 Å². The van der Waals surface area contributed by atoms with Gasteiger partial charge in [0.25, 0.3) is 0 Å². The van der Waals surface area contributed by atoms with Gasteiger partial charge >= 0.3 is 0 Å². The highest BCUT2D eigenvalue weighted by Gasteiger charge is 2.26. The molecule has 1 atom stereocenters. The Morgan fingerprint density at radius 3 is 2.79 bits per heavy atom. The number of hydrogen-bond acceptors (Lipinski definition) is 3. The molecule has 0 aromatic heterocycles. The van der Waals surface area contributed by atoms with E-state index < -0.39 is 0 Å². The third-order valence-corrected chi connectivity index (χ3v) is 5.28. The van der Waals surface area contributed by atoms with E-state index in [1.54, 1.807) is 12.1 Å². The van der Waals surface area contributed by atoms with Crippen molar-refractivity contribution in [1.29, 1.82) is 0 Å². The second kappa shape index (κ2) is 8.28. The fourth-order valence-electron chi connectivity index (χ4n) is 3.42. The summed E-state index contributed by atoms with van der Waals surface area (Å²) in [5, 5.41) is 3.48. The van der Waals surface area contributed by atoms with E-state index in [9.17, 15) is 9.18 Å². The molecule has 1 N–H and O–H groups in total. The molecule has 1 amide bonds. The number of benzene rings is 1. The lowest BCUT2D eigenvalue weighted by molar-refractivity contribution is -0.127. The van der Waals surface area contributed by atoms with E-state index in [4.69, 9.17) is 16.3 Å². The quantitative estimate of drug-likeness (QED) is 0.883. The molecule has 1 aromatic rings. The standard InChI is InChI=1S/C18H24ClFN2O2/c19-16-4-1-5-17(20)15(16)12-22-8-6-13(7-9-22)18(23)21-11-14-3-2-10-24-14/h1,4-5,13-14H,2-3,6-12H2,(H,21,23)/t14-/m0/s1. The van der Waals surface area contributed by atoms with Gasteiger partial charge in [-0.05, 0) is 50.9 Å². The zero-order valence-corrected chi connectivity index (χ0v) is 14.5. The molecule has 24 heavy (non-hydrogen) atoms. The Morgan fingerprint density at radius 1 is 1.33 bits per heavy atom. The van der Waals surface area contributed by atoms with Crippen molar-refractivity contribution in [2.45, 2.75) is 38.3 Å². The molecule has 1 aromatic carbocycles. The first-order valence-electron chi connectivity index (χ1n) is 8.68. The van der Waals surface area contributed by atoms with Gasteiger partial charge < -0.3 is 10.1 Å². The topological polar surface area (TPSA) is 41.6 Å². The van der Waals surface area contributed by atoms with Gasteiger partial charge in [-0.15, -0.1) is 0 Å². The van der Waals surface area contributed by atoms with Crippen LogP contribution in [0.3, 0.4) is 0 Å². The molecule has 3 rings (SSSR count). The van der Waals surface area contributed by atoms with Crippen molar-refractivity contribution in [3.63, 3.8) is 0 Å². The first-order valence-corrected chi connectivity index (χ1v) is 9.06. The first-order chi connectivity index (χ1) is 11.6. The van der Waals surface area contributed by atoms with Gasteiger partial charge in [0.05, 0.1) is 6.10 Å². The predicted octanol–water partition coefficient (Wildman–Crippen LogP) is 2.99. The highest BCUT2D eigenvalue weighted by atomic mass is 35.5. The molecule has 2 aliphatic heterocycles. The summed E-state index contributed by atoms with van der Waals surface area (Å²) in [5.74, 6) is -0.105. The van der Waals surface area contributed by atoms with Crippen LogP contribution in [-0.4, -0.2) is 43.2 Å². The lowest BCUT2D eigenvalue weighted by Crippen LogP contribution is -2.42. The summed E-state index contributed by atoms with van der Waals surface area (Å²) < 4.78 is 19.4. The molecule has 0 radical (unpaired) electrons. The summed E-state index contributed by atoms with van der Waals surface area (Å²) in [6.45, 7) is 3.47. The SMILES string of the molecule is O=C(NC[C@@H]1CCCO1)C1CCN(Cc2c(F)cccc2Cl)CC1.